The van der Waals surface area contributed by atoms with Crippen molar-refractivity contribution >= 4 is 58.0 Å². The Morgan fingerprint density at radius 3 is 2.56 bits per heavy atom. The first-order chi connectivity index (χ1) is 11.9. The van der Waals surface area contributed by atoms with Gasteiger partial charge in [-0.15, -0.1) is 0 Å². The molecule has 3 rings (SSSR count). The van der Waals surface area contributed by atoms with Crippen LogP contribution in [-0.2, 0) is 9.09 Å². The third-order valence-electron chi connectivity index (χ3n) is 3.73. The lowest BCUT2D eigenvalue weighted by Gasteiger charge is -2.19. The van der Waals surface area contributed by atoms with E-state index in [-0.39, 0.29) is 17.6 Å². The predicted molar refractivity (Wildman–Crippen MR) is 102 cm³/mol. The van der Waals surface area contributed by atoms with Crippen LogP contribution >= 0.6 is 30.6 Å². The van der Waals surface area contributed by atoms with Crippen LogP contribution in [0.5, 0.6) is 0 Å². The summed E-state index contributed by atoms with van der Waals surface area (Å²) in [6.07, 6.45) is 0. The van der Waals surface area contributed by atoms with Crippen LogP contribution in [-0.4, -0.2) is 17.5 Å². The molecule has 1 aromatic heterocycles. The molecule has 0 fully saturated rings. The van der Waals surface area contributed by atoms with Crippen molar-refractivity contribution in [3.63, 3.8) is 0 Å². The van der Waals surface area contributed by atoms with Gasteiger partial charge in [0.05, 0.1) is 11.9 Å². The van der Waals surface area contributed by atoms with E-state index >= 15 is 0 Å². The first-order valence-corrected chi connectivity index (χ1v) is 9.87. The number of carbonyl (C=O) groups excluding carboxylic acids is 1. The number of H-pyrrole nitrogens is 1. The maximum Gasteiger partial charge on any atom is 0.266 e. The Balaban J connectivity index is 2.40. The molecule has 0 aliphatic rings. The number of carbonyl (C=O) groups is 1. The first kappa shape index (κ1) is 18.0. The smallest absolute Gasteiger partial charge is 0.266 e. The molecule has 1 atom stereocenters. The van der Waals surface area contributed by atoms with Crippen LogP contribution in [0.15, 0.2) is 42.5 Å². The van der Waals surface area contributed by atoms with Gasteiger partial charge in [0.2, 0.25) is 0 Å². The van der Waals surface area contributed by atoms with Gasteiger partial charge in [0.1, 0.15) is 5.69 Å². The van der Waals surface area contributed by atoms with E-state index in [1.54, 1.807) is 49.4 Å². The summed E-state index contributed by atoms with van der Waals surface area (Å²) < 4.78 is 19.6. The zero-order valence-electron chi connectivity index (χ0n) is 13.3. The molecule has 0 saturated carbocycles. The number of hydrogen-bond donors (Lipinski definition) is 2. The molecule has 25 heavy (non-hydrogen) atoms. The van der Waals surface area contributed by atoms with Crippen molar-refractivity contribution < 1.29 is 13.9 Å². The summed E-state index contributed by atoms with van der Waals surface area (Å²) in [6.45, 7) is 1.90. The number of benzene rings is 2. The Hall–Kier alpha value is -1.78. The minimum atomic E-state index is -3.64. The van der Waals surface area contributed by atoms with Crippen LogP contribution in [0, 0.1) is 0 Å². The number of aromatic amines is 1. The van der Waals surface area contributed by atoms with E-state index < -0.39 is 13.3 Å². The van der Waals surface area contributed by atoms with E-state index in [0.29, 0.717) is 26.3 Å². The zero-order valence-corrected chi connectivity index (χ0v) is 15.7. The van der Waals surface area contributed by atoms with Crippen molar-refractivity contribution in [2.24, 2.45) is 5.73 Å². The summed E-state index contributed by atoms with van der Waals surface area (Å²) in [5, 5.41) is 1.97. The lowest BCUT2D eigenvalue weighted by Crippen LogP contribution is -2.26. The monoisotopic (exact) mass is 396 g/mol. The lowest BCUT2D eigenvalue weighted by molar-refractivity contribution is 0.0997. The molecule has 2 aromatic carbocycles. The molecule has 0 aliphatic carbocycles. The average molecular weight is 397 g/mol. The van der Waals surface area contributed by atoms with Crippen molar-refractivity contribution in [1.82, 2.24) is 4.98 Å². The number of hydrogen-bond acceptors (Lipinski definition) is 3. The third-order valence-corrected chi connectivity index (χ3v) is 6.84. The Labute approximate surface area is 154 Å². The Morgan fingerprint density at radius 1 is 1.20 bits per heavy atom. The number of nitrogens with two attached hydrogens (primary N) is 1. The van der Waals surface area contributed by atoms with Crippen molar-refractivity contribution in [2.45, 2.75) is 6.92 Å². The second-order valence-electron chi connectivity index (χ2n) is 5.35. The number of rotatable bonds is 5. The fourth-order valence-corrected chi connectivity index (χ4v) is 5.64. The minimum absolute atomic E-state index is 0.0361. The van der Waals surface area contributed by atoms with Crippen LogP contribution < -0.4 is 16.3 Å². The highest BCUT2D eigenvalue weighted by atomic mass is 35.5. The maximum absolute atomic E-state index is 13.9. The van der Waals surface area contributed by atoms with E-state index in [1.807, 2.05) is 0 Å². The minimum Gasteiger partial charge on any atom is -0.364 e. The summed E-state index contributed by atoms with van der Waals surface area (Å²) in [4.78, 5) is 14.9. The van der Waals surface area contributed by atoms with Crippen LogP contribution in [0.25, 0.3) is 10.9 Å². The van der Waals surface area contributed by atoms with Gasteiger partial charge in [-0.2, -0.15) is 0 Å². The van der Waals surface area contributed by atoms with E-state index in [1.165, 1.54) is 0 Å². The zero-order chi connectivity index (χ0) is 18.2. The Morgan fingerprint density at radius 2 is 1.92 bits per heavy atom. The van der Waals surface area contributed by atoms with Crippen molar-refractivity contribution in [3.8, 4) is 0 Å². The Bertz CT molecular complexity index is 1020. The molecule has 1 heterocycles. The predicted octanol–water partition coefficient (Wildman–Crippen LogP) is 3.84. The molecule has 3 aromatic rings. The van der Waals surface area contributed by atoms with Gasteiger partial charge in [-0.05, 0) is 43.3 Å². The van der Waals surface area contributed by atoms with Gasteiger partial charge in [-0.1, -0.05) is 29.3 Å². The van der Waals surface area contributed by atoms with E-state index in [0.717, 1.165) is 0 Å². The fraction of sp³-hybridized carbons (Fsp3) is 0.118. The molecule has 1 unspecified atom stereocenters. The molecular weight excluding hydrogens is 382 g/mol. The number of fused-ring (bicyclic) bond motifs is 1. The summed E-state index contributed by atoms with van der Waals surface area (Å²) in [6, 6.07) is 11.5. The van der Waals surface area contributed by atoms with Crippen molar-refractivity contribution in [3.05, 3.63) is 58.2 Å². The number of primary amides is 1. The average Bonchev–Trinajstić information content (AvgIpc) is 2.94. The molecule has 0 bridgehead atoms. The van der Waals surface area contributed by atoms with Gasteiger partial charge in [0, 0.05) is 26.3 Å². The summed E-state index contributed by atoms with van der Waals surface area (Å²) in [7, 11) is -3.64. The lowest BCUT2D eigenvalue weighted by atomic mass is 10.2. The van der Waals surface area contributed by atoms with Crippen molar-refractivity contribution in [2.75, 3.05) is 6.61 Å². The van der Waals surface area contributed by atoms with Gasteiger partial charge in [0.15, 0.2) is 0 Å². The van der Waals surface area contributed by atoms with Crippen LogP contribution in [0.4, 0.5) is 0 Å². The van der Waals surface area contributed by atoms with E-state index in [9.17, 15) is 9.36 Å². The van der Waals surface area contributed by atoms with Crippen molar-refractivity contribution in [1.29, 1.82) is 0 Å². The highest BCUT2D eigenvalue weighted by Gasteiger charge is 2.36. The molecule has 130 valence electrons. The first-order valence-electron chi connectivity index (χ1n) is 7.49. The van der Waals surface area contributed by atoms with Gasteiger partial charge in [-0.25, -0.2) is 0 Å². The standard InChI is InChI=1S/C17H15Cl2N2O3P/c1-2-24-25(23,12-5-3-4-10(18)8-12)16-13-9-11(19)6-7-14(13)21-15(16)17(20)22/h3-9,21H,2H2,1H3,(H2,20,22). The number of nitrogens with one attached hydrogen (secondary N) is 1. The highest BCUT2D eigenvalue weighted by molar-refractivity contribution is 7.75. The molecule has 0 radical (unpaired) electrons. The fourth-order valence-electron chi connectivity index (χ4n) is 2.74. The molecular formula is C17H15Cl2N2O3P. The third kappa shape index (κ3) is 3.21. The summed E-state index contributed by atoms with van der Waals surface area (Å²) >= 11 is 12.2. The van der Waals surface area contributed by atoms with Gasteiger partial charge in [0.25, 0.3) is 13.3 Å². The van der Waals surface area contributed by atoms with Crippen LogP contribution in [0.2, 0.25) is 10.0 Å². The van der Waals surface area contributed by atoms with Gasteiger partial charge in [-0.3, -0.25) is 9.36 Å². The second-order valence-corrected chi connectivity index (χ2v) is 8.55. The Kier molecular flexibility index (Phi) is 4.94. The van der Waals surface area contributed by atoms with E-state index in [2.05, 4.69) is 4.98 Å². The molecule has 3 N–H and O–H groups in total. The molecule has 8 heteroatoms. The topological polar surface area (TPSA) is 85.2 Å². The maximum atomic E-state index is 13.9. The van der Waals surface area contributed by atoms with Crippen LogP contribution in [0.3, 0.4) is 0 Å². The molecule has 0 aliphatic heterocycles. The SMILES string of the molecule is CCOP(=O)(c1cccc(Cl)c1)c1c(C(N)=O)[nH]c2ccc(Cl)cc12. The molecule has 5 nitrogen and oxygen atoms in total. The molecule has 1 amide bonds. The molecule has 0 saturated heterocycles. The molecule has 0 spiro atoms. The number of amides is 1. The van der Waals surface area contributed by atoms with E-state index in [4.69, 9.17) is 33.5 Å². The van der Waals surface area contributed by atoms with Gasteiger partial charge < -0.3 is 15.2 Å². The summed E-state index contributed by atoms with van der Waals surface area (Å²) in [5.74, 6) is -0.732. The highest BCUT2D eigenvalue weighted by Crippen LogP contribution is 2.48. The van der Waals surface area contributed by atoms with Gasteiger partial charge >= 0.3 is 0 Å². The largest absolute Gasteiger partial charge is 0.364 e. The summed E-state index contributed by atoms with van der Waals surface area (Å²) in [5.41, 5.74) is 6.14. The van der Waals surface area contributed by atoms with Crippen LogP contribution in [0.1, 0.15) is 17.4 Å². The normalized spacial score (nSPS) is 13.7. The number of halogens is 2. The quantitative estimate of drug-likeness (QED) is 0.642. The number of aromatic nitrogens is 1. The second kappa shape index (κ2) is 6.85.